The molecule has 3 nitrogen and oxygen atoms in total. The van der Waals surface area contributed by atoms with Crippen LogP contribution in [0.5, 0.6) is 0 Å². The van der Waals surface area contributed by atoms with E-state index in [1.165, 1.54) is 23.6 Å². The second-order valence-electron chi connectivity index (χ2n) is 5.39. The van der Waals surface area contributed by atoms with Gasteiger partial charge in [0.2, 0.25) is 0 Å². The number of halogens is 1. The summed E-state index contributed by atoms with van der Waals surface area (Å²) >= 11 is 3.59. The van der Waals surface area contributed by atoms with Gasteiger partial charge in [0.25, 0.3) is 0 Å². The molecule has 1 aliphatic rings. The van der Waals surface area contributed by atoms with E-state index in [-0.39, 0.29) is 0 Å². The predicted octanol–water partition coefficient (Wildman–Crippen LogP) is 3.54. The van der Waals surface area contributed by atoms with Gasteiger partial charge in [-0.3, -0.25) is 0 Å². The van der Waals surface area contributed by atoms with Crippen molar-refractivity contribution in [3.05, 3.63) is 34.9 Å². The Morgan fingerprint density at radius 1 is 1.26 bits per heavy atom. The normalized spacial score (nSPS) is 16.5. The summed E-state index contributed by atoms with van der Waals surface area (Å²) in [7, 11) is 0. The van der Waals surface area contributed by atoms with Crippen LogP contribution in [0.25, 0.3) is 10.8 Å². The largest absolute Gasteiger partial charge is 0.369 e. The van der Waals surface area contributed by atoms with Gasteiger partial charge in [-0.25, -0.2) is 4.98 Å². The number of nitrogens with two attached hydrogens (primary N) is 1. The van der Waals surface area contributed by atoms with Crippen molar-refractivity contribution < 1.29 is 0 Å². The zero-order valence-corrected chi connectivity index (χ0v) is 12.4. The van der Waals surface area contributed by atoms with E-state index in [2.05, 4.69) is 38.4 Å². The molecule has 2 aromatic rings. The highest BCUT2D eigenvalue weighted by molar-refractivity contribution is 9.10. The first-order chi connectivity index (χ1) is 9.24. The van der Waals surface area contributed by atoms with Gasteiger partial charge < -0.3 is 11.1 Å². The molecule has 0 radical (unpaired) electrons. The van der Waals surface area contributed by atoms with Crippen LogP contribution in [0, 0.1) is 5.41 Å². The van der Waals surface area contributed by atoms with Gasteiger partial charge >= 0.3 is 0 Å². The molecule has 1 aromatic heterocycles. The number of aromatic nitrogens is 1. The van der Waals surface area contributed by atoms with E-state index in [0.29, 0.717) is 5.41 Å². The zero-order valence-electron chi connectivity index (χ0n) is 10.8. The Bertz CT molecular complexity index is 593. The molecule has 1 fully saturated rings. The fraction of sp³-hybridized carbons (Fsp3) is 0.400. The fourth-order valence-electron chi connectivity index (χ4n) is 2.58. The van der Waals surface area contributed by atoms with Crippen LogP contribution >= 0.6 is 15.9 Å². The number of anilines is 1. The molecule has 0 atom stereocenters. The number of benzene rings is 1. The molecular weight excluding hydrogens is 302 g/mol. The Morgan fingerprint density at radius 2 is 2.11 bits per heavy atom. The van der Waals surface area contributed by atoms with Crippen molar-refractivity contribution in [1.29, 1.82) is 0 Å². The van der Waals surface area contributed by atoms with Crippen LogP contribution in [-0.4, -0.2) is 18.1 Å². The first kappa shape index (κ1) is 12.9. The van der Waals surface area contributed by atoms with Crippen molar-refractivity contribution in [2.24, 2.45) is 11.1 Å². The van der Waals surface area contributed by atoms with Crippen molar-refractivity contribution in [1.82, 2.24) is 4.98 Å². The molecular formula is C15H18BrN3. The van der Waals surface area contributed by atoms with E-state index >= 15 is 0 Å². The third-order valence-electron chi connectivity index (χ3n) is 4.02. The Labute approximate surface area is 121 Å². The second-order valence-corrected chi connectivity index (χ2v) is 6.24. The summed E-state index contributed by atoms with van der Waals surface area (Å²) in [6, 6.07) is 8.25. The molecule has 1 aliphatic carbocycles. The maximum atomic E-state index is 5.68. The lowest BCUT2D eigenvalue weighted by Crippen LogP contribution is -2.19. The van der Waals surface area contributed by atoms with Crippen LogP contribution in [0.1, 0.15) is 19.3 Å². The zero-order chi connectivity index (χ0) is 13.3. The minimum atomic E-state index is 0.421. The molecule has 0 bridgehead atoms. The molecule has 4 heteroatoms. The molecule has 1 heterocycles. The number of nitrogens with one attached hydrogen (secondary N) is 1. The topological polar surface area (TPSA) is 50.9 Å². The van der Waals surface area contributed by atoms with Crippen molar-refractivity contribution in [2.45, 2.75) is 19.3 Å². The monoisotopic (exact) mass is 319 g/mol. The Kier molecular flexibility index (Phi) is 3.46. The number of pyridine rings is 1. The van der Waals surface area contributed by atoms with Gasteiger partial charge in [0, 0.05) is 28.0 Å². The summed E-state index contributed by atoms with van der Waals surface area (Å²) in [6.07, 6.45) is 5.53. The van der Waals surface area contributed by atoms with Crippen LogP contribution in [0.2, 0.25) is 0 Å². The Morgan fingerprint density at radius 3 is 2.84 bits per heavy atom. The minimum Gasteiger partial charge on any atom is -0.369 e. The van der Waals surface area contributed by atoms with Crippen LogP contribution < -0.4 is 11.1 Å². The molecule has 19 heavy (non-hydrogen) atoms. The van der Waals surface area contributed by atoms with Gasteiger partial charge in [-0.2, -0.15) is 0 Å². The van der Waals surface area contributed by atoms with Crippen LogP contribution in [0.4, 0.5) is 5.82 Å². The van der Waals surface area contributed by atoms with Crippen LogP contribution in [0.3, 0.4) is 0 Å². The lowest BCUT2D eigenvalue weighted by Gasteiger charge is -2.16. The molecule has 1 saturated carbocycles. The average molecular weight is 320 g/mol. The molecule has 100 valence electrons. The highest BCUT2D eigenvalue weighted by Crippen LogP contribution is 2.48. The SMILES string of the molecule is NCCC1(CNc2nccc3c(Br)cccc23)CC1. The molecule has 0 unspecified atom stereocenters. The van der Waals surface area contributed by atoms with Gasteiger partial charge in [0.05, 0.1) is 0 Å². The molecule has 0 saturated heterocycles. The van der Waals surface area contributed by atoms with Crippen molar-refractivity contribution >= 4 is 32.5 Å². The van der Waals surface area contributed by atoms with E-state index in [4.69, 9.17) is 5.73 Å². The number of hydrogen-bond donors (Lipinski definition) is 2. The minimum absolute atomic E-state index is 0.421. The highest BCUT2D eigenvalue weighted by Gasteiger charge is 2.41. The molecule has 0 spiro atoms. The van der Waals surface area contributed by atoms with Gasteiger partial charge in [-0.05, 0) is 43.4 Å². The van der Waals surface area contributed by atoms with E-state index in [9.17, 15) is 0 Å². The Hall–Kier alpha value is -1.13. The summed E-state index contributed by atoms with van der Waals surface area (Å²) in [4.78, 5) is 4.48. The molecule has 0 aliphatic heterocycles. The smallest absolute Gasteiger partial charge is 0.133 e. The van der Waals surface area contributed by atoms with Gasteiger partial charge in [-0.15, -0.1) is 0 Å². The quantitative estimate of drug-likeness (QED) is 0.886. The first-order valence-corrected chi connectivity index (χ1v) is 7.51. The third-order valence-corrected chi connectivity index (χ3v) is 4.71. The summed E-state index contributed by atoms with van der Waals surface area (Å²) in [5.41, 5.74) is 6.11. The maximum absolute atomic E-state index is 5.68. The summed E-state index contributed by atoms with van der Waals surface area (Å²) in [5, 5.41) is 5.88. The average Bonchev–Trinajstić information content (AvgIpc) is 3.18. The highest BCUT2D eigenvalue weighted by atomic mass is 79.9. The van der Waals surface area contributed by atoms with Gasteiger partial charge in [0.1, 0.15) is 5.82 Å². The predicted molar refractivity (Wildman–Crippen MR) is 83.3 cm³/mol. The molecule has 1 aromatic carbocycles. The number of nitrogens with zero attached hydrogens (tertiary/aromatic N) is 1. The third kappa shape index (κ3) is 2.60. The second kappa shape index (κ2) is 5.10. The number of fused-ring (bicyclic) bond motifs is 1. The lowest BCUT2D eigenvalue weighted by molar-refractivity contribution is 0.501. The Balaban J connectivity index is 1.83. The van der Waals surface area contributed by atoms with Crippen LogP contribution in [-0.2, 0) is 0 Å². The van der Waals surface area contributed by atoms with E-state index in [0.717, 1.165) is 29.8 Å². The van der Waals surface area contributed by atoms with E-state index < -0.39 is 0 Å². The lowest BCUT2D eigenvalue weighted by atomic mass is 10.0. The summed E-state index contributed by atoms with van der Waals surface area (Å²) < 4.78 is 1.11. The standard InChI is InChI=1S/C15H18BrN3/c16-13-3-1-2-12-11(13)4-9-18-14(12)19-10-15(5-6-15)7-8-17/h1-4,9H,5-8,10,17H2,(H,18,19). The van der Waals surface area contributed by atoms with E-state index in [1.54, 1.807) is 0 Å². The van der Waals surface area contributed by atoms with Gasteiger partial charge in [0.15, 0.2) is 0 Å². The molecule has 3 N–H and O–H groups in total. The molecule has 3 rings (SSSR count). The van der Waals surface area contributed by atoms with Gasteiger partial charge in [-0.1, -0.05) is 28.1 Å². The van der Waals surface area contributed by atoms with Crippen molar-refractivity contribution in [3.8, 4) is 0 Å². The summed E-state index contributed by atoms with van der Waals surface area (Å²) in [5.74, 6) is 0.974. The number of hydrogen-bond acceptors (Lipinski definition) is 3. The fourth-order valence-corrected chi connectivity index (χ4v) is 3.08. The molecule has 0 amide bonds. The number of rotatable bonds is 5. The van der Waals surface area contributed by atoms with Crippen molar-refractivity contribution in [3.63, 3.8) is 0 Å². The first-order valence-electron chi connectivity index (χ1n) is 6.71. The summed E-state index contributed by atoms with van der Waals surface area (Å²) in [6.45, 7) is 1.75. The van der Waals surface area contributed by atoms with E-state index in [1.807, 2.05) is 18.3 Å². The maximum Gasteiger partial charge on any atom is 0.133 e. The van der Waals surface area contributed by atoms with Crippen LogP contribution in [0.15, 0.2) is 34.9 Å². The van der Waals surface area contributed by atoms with Crippen molar-refractivity contribution in [2.75, 3.05) is 18.4 Å².